The first-order chi connectivity index (χ1) is 9.25. The van der Waals surface area contributed by atoms with Crippen LogP contribution in [0.25, 0.3) is 0 Å². The minimum absolute atomic E-state index is 0.914. The maximum absolute atomic E-state index is 3.51. The number of rotatable bonds is 6. The molecule has 0 amide bonds. The highest BCUT2D eigenvalue weighted by molar-refractivity contribution is 5.27. The topological polar surface area (TPSA) is 15.3 Å². The number of nitrogens with zero attached hydrogens (tertiary/aromatic N) is 1. The second kappa shape index (κ2) is 7.07. The van der Waals surface area contributed by atoms with Gasteiger partial charge in [0.2, 0.25) is 0 Å². The number of hydrogen-bond donors (Lipinski definition) is 1. The van der Waals surface area contributed by atoms with Crippen LogP contribution in [0.1, 0.15) is 16.7 Å². The molecule has 2 aromatic rings. The second-order valence-corrected chi connectivity index (χ2v) is 5.10. The highest BCUT2D eigenvalue weighted by atomic mass is 15.0. The Kier molecular flexibility index (Phi) is 5.13. The Bertz CT molecular complexity index is 492. The van der Waals surface area contributed by atoms with Crippen LogP contribution in [0.2, 0.25) is 0 Å². The van der Waals surface area contributed by atoms with Crippen molar-refractivity contribution >= 4 is 0 Å². The molecule has 0 radical (unpaired) electrons. The summed E-state index contributed by atoms with van der Waals surface area (Å²) in [6.45, 7) is 2.82. The van der Waals surface area contributed by atoms with E-state index in [4.69, 9.17) is 0 Å². The summed E-state index contributed by atoms with van der Waals surface area (Å²) in [6.07, 6.45) is 0. The standard InChI is InChI=1S/C17H22N2/c1-19(2)14-17-11-7-6-10-16(17)13-18-12-15-8-4-3-5-9-15/h3-11,18H,12-14H2,1-2H3. The van der Waals surface area contributed by atoms with Crippen molar-refractivity contribution in [2.45, 2.75) is 19.6 Å². The molecule has 0 heterocycles. The molecule has 0 aliphatic heterocycles. The van der Waals surface area contributed by atoms with Crippen LogP contribution >= 0.6 is 0 Å². The summed E-state index contributed by atoms with van der Waals surface area (Å²) in [4.78, 5) is 2.20. The normalized spacial score (nSPS) is 10.9. The van der Waals surface area contributed by atoms with Crippen molar-refractivity contribution < 1.29 is 0 Å². The maximum Gasteiger partial charge on any atom is 0.0230 e. The quantitative estimate of drug-likeness (QED) is 0.852. The molecule has 2 rings (SSSR count). The van der Waals surface area contributed by atoms with Gasteiger partial charge in [0.1, 0.15) is 0 Å². The second-order valence-electron chi connectivity index (χ2n) is 5.10. The number of nitrogens with one attached hydrogen (secondary N) is 1. The Hall–Kier alpha value is -1.64. The Morgan fingerprint density at radius 3 is 2.11 bits per heavy atom. The first kappa shape index (κ1) is 13.8. The van der Waals surface area contributed by atoms with E-state index in [1.54, 1.807) is 0 Å². The lowest BCUT2D eigenvalue weighted by molar-refractivity contribution is 0.400. The van der Waals surface area contributed by atoms with Crippen molar-refractivity contribution in [1.82, 2.24) is 10.2 Å². The predicted molar refractivity (Wildman–Crippen MR) is 80.8 cm³/mol. The van der Waals surface area contributed by atoms with Crippen molar-refractivity contribution in [3.63, 3.8) is 0 Å². The molecule has 0 aliphatic rings. The van der Waals surface area contributed by atoms with Crippen molar-refractivity contribution in [3.05, 3.63) is 71.3 Å². The van der Waals surface area contributed by atoms with Gasteiger partial charge in [-0.2, -0.15) is 0 Å². The summed E-state index contributed by atoms with van der Waals surface area (Å²) < 4.78 is 0. The zero-order valence-corrected chi connectivity index (χ0v) is 11.8. The molecule has 0 fully saturated rings. The SMILES string of the molecule is CN(C)Cc1ccccc1CNCc1ccccc1. The molecule has 2 heteroatoms. The average Bonchev–Trinajstić information content (AvgIpc) is 2.41. The van der Waals surface area contributed by atoms with E-state index in [2.05, 4.69) is 78.9 Å². The molecule has 2 nitrogen and oxygen atoms in total. The Labute approximate surface area is 116 Å². The van der Waals surface area contributed by atoms with E-state index in [9.17, 15) is 0 Å². The maximum atomic E-state index is 3.51. The molecule has 0 saturated carbocycles. The minimum Gasteiger partial charge on any atom is -0.309 e. The molecule has 0 unspecified atom stereocenters. The molecule has 0 aliphatic carbocycles. The van der Waals surface area contributed by atoms with Gasteiger partial charge in [-0.05, 0) is 30.8 Å². The molecule has 0 saturated heterocycles. The zero-order valence-electron chi connectivity index (χ0n) is 11.8. The largest absolute Gasteiger partial charge is 0.309 e. The van der Waals surface area contributed by atoms with Gasteiger partial charge >= 0.3 is 0 Å². The number of hydrogen-bond acceptors (Lipinski definition) is 2. The summed E-state index contributed by atoms with van der Waals surface area (Å²) in [5.74, 6) is 0. The summed E-state index contributed by atoms with van der Waals surface area (Å²) >= 11 is 0. The van der Waals surface area contributed by atoms with Crippen LogP contribution in [0.15, 0.2) is 54.6 Å². The fraction of sp³-hybridized carbons (Fsp3) is 0.294. The first-order valence-electron chi connectivity index (χ1n) is 6.72. The van der Waals surface area contributed by atoms with Gasteiger partial charge < -0.3 is 10.2 Å². The van der Waals surface area contributed by atoms with Gasteiger partial charge in [0.05, 0.1) is 0 Å². The van der Waals surface area contributed by atoms with E-state index in [1.165, 1.54) is 16.7 Å². The van der Waals surface area contributed by atoms with Crippen molar-refractivity contribution in [2.24, 2.45) is 0 Å². The Morgan fingerprint density at radius 1 is 0.789 bits per heavy atom. The summed E-state index contributed by atoms with van der Waals surface area (Å²) in [5, 5.41) is 3.51. The smallest absolute Gasteiger partial charge is 0.0230 e. The van der Waals surface area contributed by atoms with Gasteiger partial charge in [0.25, 0.3) is 0 Å². The first-order valence-corrected chi connectivity index (χ1v) is 6.72. The van der Waals surface area contributed by atoms with Crippen LogP contribution in [0.5, 0.6) is 0 Å². The van der Waals surface area contributed by atoms with Crippen molar-refractivity contribution in [3.8, 4) is 0 Å². The van der Waals surface area contributed by atoms with E-state index < -0.39 is 0 Å². The van der Waals surface area contributed by atoms with Crippen LogP contribution in [0.3, 0.4) is 0 Å². The lowest BCUT2D eigenvalue weighted by Crippen LogP contribution is -2.17. The van der Waals surface area contributed by atoms with E-state index in [0.29, 0.717) is 0 Å². The predicted octanol–water partition coefficient (Wildman–Crippen LogP) is 3.04. The molecule has 100 valence electrons. The van der Waals surface area contributed by atoms with Gasteiger partial charge in [0.15, 0.2) is 0 Å². The Morgan fingerprint density at radius 2 is 1.42 bits per heavy atom. The van der Waals surface area contributed by atoms with E-state index >= 15 is 0 Å². The molecule has 0 aromatic heterocycles. The van der Waals surface area contributed by atoms with Crippen molar-refractivity contribution in [1.29, 1.82) is 0 Å². The molecular weight excluding hydrogens is 232 g/mol. The molecule has 0 bridgehead atoms. The van der Waals surface area contributed by atoms with Crippen LogP contribution in [-0.4, -0.2) is 19.0 Å². The van der Waals surface area contributed by atoms with Gasteiger partial charge in [-0.3, -0.25) is 0 Å². The van der Waals surface area contributed by atoms with Crippen LogP contribution in [0.4, 0.5) is 0 Å². The fourth-order valence-corrected chi connectivity index (χ4v) is 2.16. The van der Waals surface area contributed by atoms with Gasteiger partial charge in [-0.25, -0.2) is 0 Å². The van der Waals surface area contributed by atoms with E-state index in [-0.39, 0.29) is 0 Å². The lowest BCUT2D eigenvalue weighted by Gasteiger charge is -2.14. The van der Waals surface area contributed by atoms with Crippen LogP contribution in [-0.2, 0) is 19.6 Å². The summed E-state index contributed by atoms with van der Waals surface area (Å²) in [7, 11) is 4.21. The van der Waals surface area contributed by atoms with Crippen LogP contribution < -0.4 is 5.32 Å². The zero-order chi connectivity index (χ0) is 13.5. The third-order valence-electron chi connectivity index (χ3n) is 3.09. The van der Waals surface area contributed by atoms with Gasteiger partial charge in [0, 0.05) is 19.6 Å². The molecule has 19 heavy (non-hydrogen) atoms. The van der Waals surface area contributed by atoms with E-state index in [0.717, 1.165) is 19.6 Å². The van der Waals surface area contributed by atoms with Gasteiger partial charge in [-0.1, -0.05) is 54.6 Å². The average molecular weight is 254 g/mol. The molecular formula is C17H22N2. The third kappa shape index (κ3) is 4.51. The van der Waals surface area contributed by atoms with E-state index in [1.807, 2.05) is 0 Å². The highest BCUT2D eigenvalue weighted by Crippen LogP contribution is 2.10. The van der Waals surface area contributed by atoms with Crippen LogP contribution in [0, 0.1) is 0 Å². The highest BCUT2D eigenvalue weighted by Gasteiger charge is 2.02. The lowest BCUT2D eigenvalue weighted by atomic mass is 10.1. The molecule has 0 atom stereocenters. The molecule has 1 N–H and O–H groups in total. The minimum atomic E-state index is 0.914. The monoisotopic (exact) mass is 254 g/mol. The summed E-state index contributed by atoms with van der Waals surface area (Å²) in [5.41, 5.74) is 4.10. The molecule has 2 aromatic carbocycles. The number of benzene rings is 2. The third-order valence-corrected chi connectivity index (χ3v) is 3.09. The fourth-order valence-electron chi connectivity index (χ4n) is 2.16. The molecule has 0 spiro atoms. The Balaban J connectivity index is 1.92. The van der Waals surface area contributed by atoms with Gasteiger partial charge in [-0.15, -0.1) is 0 Å². The van der Waals surface area contributed by atoms with Crippen molar-refractivity contribution in [2.75, 3.05) is 14.1 Å². The summed E-state index contributed by atoms with van der Waals surface area (Å²) in [6, 6.07) is 19.1.